The summed E-state index contributed by atoms with van der Waals surface area (Å²) in [5, 5.41) is 0. The monoisotopic (exact) mass is 323 g/mol. The lowest BCUT2D eigenvalue weighted by molar-refractivity contribution is 1.28. The highest BCUT2D eigenvalue weighted by Gasteiger charge is 2.12. The summed E-state index contributed by atoms with van der Waals surface area (Å²) in [4.78, 5) is 2.23. The molecule has 0 unspecified atom stereocenters. The first-order valence-corrected chi connectivity index (χ1v) is 8.23. The molecule has 0 amide bonds. The van der Waals surface area contributed by atoms with E-state index in [0.29, 0.717) is 0 Å². The van der Waals surface area contributed by atoms with E-state index in [1.807, 2.05) is 18.2 Å². The SMILES string of the molecule is C=Cc1ccc(N(c2ccc(C=C)cc2)c2ccc(C=C)cc2)cc1. The molecule has 1 nitrogen and oxygen atoms in total. The Kier molecular flexibility index (Phi) is 4.96. The zero-order chi connectivity index (χ0) is 17.6. The fourth-order valence-electron chi connectivity index (χ4n) is 2.73. The smallest absolute Gasteiger partial charge is 0.0462 e. The Hall–Kier alpha value is -3.32. The molecule has 0 N–H and O–H groups in total. The second-order valence-corrected chi connectivity index (χ2v) is 5.72. The van der Waals surface area contributed by atoms with Gasteiger partial charge < -0.3 is 4.90 Å². The van der Waals surface area contributed by atoms with E-state index in [9.17, 15) is 0 Å². The van der Waals surface area contributed by atoms with Crippen molar-refractivity contribution in [2.45, 2.75) is 0 Å². The van der Waals surface area contributed by atoms with Gasteiger partial charge in [0.15, 0.2) is 0 Å². The van der Waals surface area contributed by atoms with Crippen molar-refractivity contribution in [3.8, 4) is 0 Å². The minimum absolute atomic E-state index is 1.10. The van der Waals surface area contributed by atoms with Crippen LogP contribution in [0.1, 0.15) is 16.7 Å². The highest BCUT2D eigenvalue weighted by atomic mass is 15.1. The van der Waals surface area contributed by atoms with Crippen molar-refractivity contribution >= 4 is 35.3 Å². The van der Waals surface area contributed by atoms with Crippen LogP contribution in [0.4, 0.5) is 17.1 Å². The van der Waals surface area contributed by atoms with Crippen molar-refractivity contribution in [2.75, 3.05) is 4.90 Å². The van der Waals surface area contributed by atoms with Crippen molar-refractivity contribution < 1.29 is 0 Å². The van der Waals surface area contributed by atoms with Crippen LogP contribution >= 0.6 is 0 Å². The Bertz CT molecular complexity index is 746. The van der Waals surface area contributed by atoms with Crippen molar-refractivity contribution in [1.29, 1.82) is 0 Å². The zero-order valence-corrected chi connectivity index (χ0v) is 14.2. The maximum Gasteiger partial charge on any atom is 0.0462 e. The molecule has 0 heterocycles. The first-order valence-electron chi connectivity index (χ1n) is 8.23. The molecule has 0 spiro atoms. The third-order valence-electron chi connectivity index (χ3n) is 4.16. The molecule has 0 aromatic heterocycles. The van der Waals surface area contributed by atoms with Crippen LogP contribution in [0.3, 0.4) is 0 Å². The van der Waals surface area contributed by atoms with Gasteiger partial charge in [-0.2, -0.15) is 0 Å². The topological polar surface area (TPSA) is 3.24 Å². The van der Waals surface area contributed by atoms with Gasteiger partial charge in [0, 0.05) is 17.1 Å². The molecule has 0 fully saturated rings. The zero-order valence-electron chi connectivity index (χ0n) is 14.2. The molecule has 0 saturated carbocycles. The molecule has 0 aliphatic rings. The maximum absolute atomic E-state index is 3.83. The van der Waals surface area contributed by atoms with Crippen molar-refractivity contribution in [3.63, 3.8) is 0 Å². The van der Waals surface area contributed by atoms with Gasteiger partial charge in [-0.3, -0.25) is 0 Å². The Morgan fingerprint density at radius 3 is 0.880 bits per heavy atom. The number of benzene rings is 3. The van der Waals surface area contributed by atoms with E-state index < -0.39 is 0 Å². The van der Waals surface area contributed by atoms with Crippen molar-refractivity contribution in [1.82, 2.24) is 0 Å². The van der Waals surface area contributed by atoms with Gasteiger partial charge >= 0.3 is 0 Å². The molecule has 3 aromatic carbocycles. The molecular weight excluding hydrogens is 302 g/mol. The highest BCUT2D eigenvalue weighted by Crippen LogP contribution is 2.35. The average molecular weight is 323 g/mol. The maximum atomic E-state index is 3.83. The van der Waals surface area contributed by atoms with Gasteiger partial charge in [-0.15, -0.1) is 0 Å². The molecule has 122 valence electrons. The van der Waals surface area contributed by atoms with Gasteiger partial charge in [-0.25, -0.2) is 0 Å². The van der Waals surface area contributed by atoms with Gasteiger partial charge in [0.1, 0.15) is 0 Å². The molecule has 0 aliphatic heterocycles. The fraction of sp³-hybridized carbons (Fsp3) is 0. The lowest BCUT2D eigenvalue weighted by atomic mass is 10.1. The molecule has 1 heteroatoms. The van der Waals surface area contributed by atoms with Crippen molar-refractivity contribution in [3.05, 3.63) is 109 Å². The Balaban J connectivity index is 2.09. The van der Waals surface area contributed by atoms with E-state index in [1.54, 1.807) is 0 Å². The predicted octanol–water partition coefficient (Wildman–Crippen LogP) is 7.09. The van der Waals surface area contributed by atoms with E-state index in [0.717, 1.165) is 33.8 Å². The minimum atomic E-state index is 1.10. The van der Waals surface area contributed by atoms with Crippen LogP contribution in [0.15, 0.2) is 92.5 Å². The van der Waals surface area contributed by atoms with Gasteiger partial charge in [0.25, 0.3) is 0 Å². The second-order valence-electron chi connectivity index (χ2n) is 5.72. The first-order chi connectivity index (χ1) is 12.2. The third-order valence-corrected chi connectivity index (χ3v) is 4.16. The molecule has 0 saturated heterocycles. The van der Waals surface area contributed by atoms with Crippen LogP contribution in [-0.4, -0.2) is 0 Å². The molecule has 3 rings (SSSR count). The molecule has 0 atom stereocenters. The van der Waals surface area contributed by atoms with Crippen LogP contribution < -0.4 is 4.90 Å². The van der Waals surface area contributed by atoms with E-state index >= 15 is 0 Å². The van der Waals surface area contributed by atoms with E-state index in [-0.39, 0.29) is 0 Å². The summed E-state index contributed by atoms with van der Waals surface area (Å²) in [7, 11) is 0. The third kappa shape index (κ3) is 3.61. The normalized spacial score (nSPS) is 10.1. The summed E-state index contributed by atoms with van der Waals surface area (Å²) in [5.74, 6) is 0. The van der Waals surface area contributed by atoms with Crippen LogP contribution in [0, 0.1) is 0 Å². The molecule has 0 aliphatic carbocycles. The van der Waals surface area contributed by atoms with Crippen LogP contribution in [-0.2, 0) is 0 Å². The fourth-order valence-corrected chi connectivity index (χ4v) is 2.73. The summed E-state index contributed by atoms with van der Waals surface area (Å²) in [6, 6.07) is 25.1. The van der Waals surface area contributed by atoms with Crippen LogP contribution in [0.25, 0.3) is 18.2 Å². The van der Waals surface area contributed by atoms with Crippen molar-refractivity contribution in [2.24, 2.45) is 0 Å². The Morgan fingerprint density at radius 1 is 0.440 bits per heavy atom. The summed E-state index contributed by atoms with van der Waals surface area (Å²) in [6.45, 7) is 11.5. The molecular formula is C24H21N. The number of hydrogen-bond acceptors (Lipinski definition) is 1. The van der Waals surface area contributed by atoms with E-state index in [1.165, 1.54) is 0 Å². The van der Waals surface area contributed by atoms with Crippen LogP contribution in [0.5, 0.6) is 0 Å². The summed E-state index contributed by atoms with van der Waals surface area (Å²) in [5.41, 5.74) is 6.61. The van der Waals surface area contributed by atoms with Gasteiger partial charge in [-0.1, -0.05) is 74.4 Å². The van der Waals surface area contributed by atoms with Gasteiger partial charge in [0.05, 0.1) is 0 Å². The molecule has 0 bridgehead atoms. The minimum Gasteiger partial charge on any atom is -0.311 e. The lowest BCUT2D eigenvalue weighted by Crippen LogP contribution is -2.09. The Labute approximate surface area is 149 Å². The molecule has 25 heavy (non-hydrogen) atoms. The largest absolute Gasteiger partial charge is 0.311 e. The Morgan fingerprint density at radius 2 is 0.680 bits per heavy atom. The van der Waals surface area contributed by atoms with E-state index in [4.69, 9.17) is 0 Å². The highest BCUT2D eigenvalue weighted by molar-refractivity contribution is 5.78. The van der Waals surface area contributed by atoms with Gasteiger partial charge in [0.2, 0.25) is 0 Å². The number of anilines is 3. The summed E-state index contributed by atoms with van der Waals surface area (Å²) < 4.78 is 0. The average Bonchev–Trinajstić information content (AvgIpc) is 2.70. The summed E-state index contributed by atoms with van der Waals surface area (Å²) in [6.07, 6.45) is 5.56. The standard InChI is InChI=1S/C24H21N/c1-4-19-7-13-22(14-8-19)25(23-15-9-20(5-2)10-16-23)24-17-11-21(6-3)12-18-24/h4-18H,1-3H2. The first kappa shape index (κ1) is 16.5. The predicted molar refractivity (Wildman–Crippen MR) is 111 cm³/mol. The number of hydrogen-bond donors (Lipinski definition) is 0. The molecule has 0 radical (unpaired) electrons. The quantitative estimate of drug-likeness (QED) is 0.468. The second kappa shape index (κ2) is 7.50. The summed E-state index contributed by atoms with van der Waals surface area (Å²) >= 11 is 0. The molecule has 3 aromatic rings. The lowest BCUT2D eigenvalue weighted by Gasteiger charge is -2.26. The van der Waals surface area contributed by atoms with E-state index in [2.05, 4.69) is 97.4 Å². The van der Waals surface area contributed by atoms with Crippen LogP contribution in [0.2, 0.25) is 0 Å². The van der Waals surface area contributed by atoms with Gasteiger partial charge in [-0.05, 0) is 53.1 Å². The number of nitrogens with zero attached hydrogens (tertiary/aromatic N) is 1. The number of rotatable bonds is 6.